The first-order valence-electron chi connectivity index (χ1n) is 8.97. The van der Waals surface area contributed by atoms with Gasteiger partial charge >= 0.3 is 0 Å². The minimum Gasteiger partial charge on any atom is -0.326 e. The van der Waals surface area contributed by atoms with Crippen molar-refractivity contribution in [2.24, 2.45) is 5.92 Å². The zero-order valence-corrected chi connectivity index (χ0v) is 16.7. The minimum absolute atomic E-state index is 0.0694. The highest BCUT2D eigenvalue weighted by atomic mass is 35.5. The second kappa shape index (κ2) is 8.43. The van der Waals surface area contributed by atoms with Gasteiger partial charge in [-0.15, -0.1) is 0 Å². The molecular weight excluding hydrogens is 367 g/mol. The quantitative estimate of drug-likeness (QED) is 0.751. The molecule has 5 heteroatoms. The van der Waals surface area contributed by atoms with Crippen LogP contribution in [0, 0.1) is 19.8 Å². The predicted octanol–water partition coefficient (Wildman–Crippen LogP) is 5.46. The fourth-order valence-corrected chi connectivity index (χ4v) is 3.68. The Bertz CT molecular complexity index is 799. The maximum atomic E-state index is 12.6. The van der Waals surface area contributed by atoms with Crippen LogP contribution in [-0.2, 0) is 11.3 Å². The number of anilines is 1. The lowest BCUT2D eigenvalue weighted by atomic mass is 9.95. The van der Waals surface area contributed by atoms with Gasteiger partial charge in [-0.2, -0.15) is 0 Å². The Kier molecular flexibility index (Phi) is 6.23. The monoisotopic (exact) mass is 390 g/mol. The number of halogens is 2. The fraction of sp³-hybridized carbons (Fsp3) is 0.381. The number of nitrogens with one attached hydrogen (secondary N) is 1. The van der Waals surface area contributed by atoms with Gasteiger partial charge in [-0.25, -0.2) is 0 Å². The van der Waals surface area contributed by atoms with Gasteiger partial charge in [0, 0.05) is 18.2 Å². The lowest BCUT2D eigenvalue weighted by Gasteiger charge is -2.31. The summed E-state index contributed by atoms with van der Waals surface area (Å²) < 4.78 is 0. The van der Waals surface area contributed by atoms with Crippen molar-refractivity contribution in [3.05, 3.63) is 63.1 Å². The van der Waals surface area contributed by atoms with Crippen molar-refractivity contribution in [2.45, 2.75) is 33.2 Å². The highest BCUT2D eigenvalue weighted by molar-refractivity contribution is 6.42. The normalized spacial score (nSPS) is 15.8. The highest BCUT2D eigenvalue weighted by Crippen LogP contribution is 2.26. The molecule has 0 spiro atoms. The summed E-state index contributed by atoms with van der Waals surface area (Å²) in [4.78, 5) is 15.0. The van der Waals surface area contributed by atoms with E-state index in [1.54, 1.807) is 0 Å². The number of likely N-dealkylation sites (tertiary alicyclic amines) is 1. The molecule has 0 aliphatic carbocycles. The van der Waals surface area contributed by atoms with Crippen LogP contribution in [0.3, 0.4) is 0 Å². The number of carbonyl (C=O) groups excluding carboxylic acids is 1. The van der Waals surface area contributed by atoms with Crippen molar-refractivity contribution < 1.29 is 4.79 Å². The summed E-state index contributed by atoms with van der Waals surface area (Å²) in [5.41, 5.74) is 4.33. The number of carbonyl (C=O) groups is 1. The largest absolute Gasteiger partial charge is 0.326 e. The van der Waals surface area contributed by atoms with Crippen molar-refractivity contribution in [1.82, 2.24) is 4.90 Å². The number of aryl methyl sites for hydroxylation is 2. The Labute approximate surface area is 165 Å². The highest BCUT2D eigenvalue weighted by Gasteiger charge is 2.25. The Morgan fingerprint density at radius 2 is 1.81 bits per heavy atom. The summed E-state index contributed by atoms with van der Waals surface area (Å²) in [6.07, 6.45) is 1.75. The molecule has 0 unspecified atom stereocenters. The molecule has 1 amide bonds. The second-order valence-electron chi connectivity index (χ2n) is 7.11. The van der Waals surface area contributed by atoms with E-state index in [1.165, 1.54) is 0 Å². The van der Waals surface area contributed by atoms with Crippen LogP contribution in [0.1, 0.15) is 29.5 Å². The maximum absolute atomic E-state index is 12.6. The number of hydrogen-bond donors (Lipinski definition) is 1. The molecule has 2 aromatic rings. The number of hydrogen-bond acceptors (Lipinski definition) is 2. The van der Waals surface area contributed by atoms with Gasteiger partial charge in [0.05, 0.1) is 10.0 Å². The molecule has 1 N–H and O–H groups in total. The zero-order valence-electron chi connectivity index (χ0n) is 15.2. The van der Waals surface area contributed by atoms with Crippen LogP contribution in [0.25, 0.3) is 0 Å². The van der Waals surface area contributed by atoms with Gasteiger partial charge in [0.15, 0.2) is 0 Å². The van der Waals surface area contributed by atoms with E-state index in [-0.39, 0.29) is 11.8 Å². The molecule has 0 saturated carbocycles. The molecule has 0 bridgehead atoms. The summed E-state index contributed by atoms with van der Waals surface area (Å²) in [5.74, 6) is 0.202. The third kappa shape index (κ3) is 4.79. The Hall–Kier alpha value is -1.55. The first-order valence-corrected chi connectivity index (χ1v) is 9.72. The van der Waals surface area contributed by atoms with Crippen molar-refractivity contribution >= 4 is 34.8 Å². The van der Waals surface area contributed by atoms with Crippen molar-refractivity contribution in [2.75, 3.05) is 18.4 Å². The van der Waals surface area contributed by atoms with Gasteiger partial charge in [-0.3, -0.25) is 9.69 Å². The summed E-state index contributed by atoms with van der Waals surface area (Å²) in [7, 11) is 0. The van der Waals surface area contributed by atoms with Gasteiger partial charge in [0.1, 0.15) is 0 Å². The van der Waals surface area contributed by atoms with Gasteiger partial charge in [-0.05, 0) is 74.7 Å². The van der Waals surface area contributed by atoms with Crippen molar-refractivity contribution in [1.29, 1.82) is 0 Å². The molecule has 0 radical (unpaired) electrons. The predicted molar refractivity (Wildman–Crippen MR) is 109 cm³/mol. The number of rotatable bonds is 4. The molecule has 3 rings (SSSR count). The van der Waals surface area contributed by atoms with Crippen LogP contribution in [0.4, 0.5) is 5.69 Å². The average Bonchev–Trinajstić information content (AvgIpc) is 2.62. The van der Waals surface area contributed by atoms with Gasteiger partial charge in [-0.1, -0.05) is 41.4 Å². The molecule has 1 fully saturated rings. The number of amides is 1. The van der Waals surface area contributed by atoms with E-state index >= 15 is 0 Å². The molecule has 2 aromatic carbocycles. The third-order valence-electron chi connectivity index (χ3n) is 5.00. The third-order valence-corrected chi connectivity index (χ3v) is 5.74. The van der Waals surface area contributed by atoms with E-state index in [9.17, 15) is 4.79 Å². The van der Waals surface area contributed by atoms with Crippen LogP contribution < -0.4 is 5.32 Å². The van der Waals surface area contributed by atoms with Crippen LogP contribution in [0.2, 0.25) is 10.0 Å². The average molecular weight is 391 g/mol. The molecule has 0 atom stereocenters. The van der Waals surface area contributed by atoms with Crippen LogP contribution >= 0.6 is 23.2 Å². The second-order valence-corrected chi connectivity index (χ2v) is 7.92. The number of benzene rings is 2. The van der Waals surface area contributed by atoms with E-state index in [4.69, 9.17) is 23.2 Å². The topological polar surface area (TPSA) is 32.3 Å². The Morgan fingerprint density at radius 3 is 2.50 bits per heavy atom. The number of piperidine rings is 1. The standard InChI is InChI=1S/C21H24Cl2N2O/c1-14-3-4-15(2)20(11-14)24-21(26)17-7-9-25(10-8-17)13-16-5-6-18(22)19(23)12-16/h3-6,11-12,17H,7-10,13H2,1-2H3,(H,24,26). The Morgan fingerprint density at radius 1 is 1.08 bits per heavy atom. The molecule has 1 aliphatic rings. The molecular formula is C21H24Cl2N2O. The molecule has 1 aliphatic heterocycles. The first-order chi connectivity index (χ1) is 12.4. The fourth-order valence-electron chi connectivity index (χ4n) is 3.35. The van der Waals surface area contributed by atoms with Gasteiger partial charge in [0.2, 0.25) is 5.91 Å². The Balaban J connectivity index is 1.53. The molecule has 0 aromatic heterocycles. The van der Waals surface area contributed by atoms with E-state index in [1.807, 2.05) is 44.2 Å². The molecule has 1 saturated heterocycles. The first kappa shape index (κ1) is 19.2. The summed E-state index contributed by atoms with van der Waals surface area (Å²) in [5, 5.41) is 4.28. The SMILES string of the molecule is Cc1ccc(C)c(NC(=O)C2CCN(Cc3ccc(Cl)c(Cl)c3)CC2)c1. The summed E-state index contributed by atoms with van der Waals surface area (Å²) in [6, 6.07) is 11.9. The van der Waals surface area contributed by atoms with E-state index in [2.05, 4.69) is 16.3 Å². The van der Waals surface area contributed by atoms with Crippen molar-refractivity contribution in [3.63, 3.8) is 0 Å². The van der Waals surface area contributed by atoms with Gasteiger partial charge < -0.3 is 5.32 Å². The van der Waals surface area contributed by atoms with Gasteiger partial charge in [0.25, 0.3) is 0 Å². The molecule has 1 heterocycles. The van der Waals surface area contributed by atoms with Crippen LogP contribution in [-0.4, -0.2) is 23.9 Å². The zero-order chi connectivity index (χ0) is 18.7. The lowest BCUT2D eigenvalue weighted by Crippen LogP contribution is -2.37. The lowest BCUT2D eigenvalue weighted by molar-refractivity contribution is -0.121. The maximum Gasteiger partial charge on any atom is 0.227 e. The molecule has 138 valence electrons. The molecule has 26 heavy (non-hydrogen) atoms. The number of nitrogens with zero attached hydrogens (tertiary/aromatic N) is 1. The van der Waals surface area contributed by atoms with Crippen LogP contribution in [0.5, 0.6) is 0 Å². The smallest absolute Gasteiger partial charge is 0.227 e. The van der Waals surface area contributed by atoms with E-state index < -0.39 is 0 Å². The summed E-state index contributed by atoms with van der Waals surface area (Å²) >= 11 is 12.1. The van der Waals surface area contributed by atoms with E-state index in [0.717, 1.165) is 54.9 Å². The molecule has 3 nitrogen and oxygen atoms in total. The minimum atomic E-state index is 0.0694. The summed E-state index contributed by atoms with van der Waals surface area (Å²) in [6.45, 7) is 6.71. The van der Waals surface area contributed by atoms with Crippen LogP contribution in [0.15, 0.2) is 36.4 Å². The van der Waals surface area contributed by atoms with Crippen molar-refractivity contribution in [3.8, 4) is 0 Å². The van der Waals surface area contributed by atoms with E-state index in [0.29, 0.717) is 10.0 Å².